The van der Waals surface area contributed by atoms with Crippen LogP contribution in [-0.2, 0) is 0 Å². The van der Waals surface area contributed by atoms with Crippen molar-refractivity contribution in [3.63, 3.8) is 0 Å². The Balaban J connectivity index is 0.648. The van der Waals surface area contributed by atoms with Gasteiger partial charge in [-0.25, -0.2) is 54.8 Å². The van der Waals surface area contributed by atoms with Crippen LogP contribution in [0.15, 0.2) is 406 Å². The van der Waals surface area contributed by atoms with Gasteiger partial charge in [0.2, 0.25) is 0 Å². The average molecular weight is 1620 g/mol. The maximum Gasteiger partial charge on any atom is 0.164 e. The van der Waals surface area contributed by atoms with Gasteiger partial charge < -0.3 is 0 Å². The van der Waals surface area contributed by atoms with Crippen LogP contribution in [0.25, 0.3) is 243 Å². The van der Waals surface area contributed by atoms with E-state index in [4.69, 9.17) is 54.8 Å². The minimum absolute atomic E-state index is 0.550. The summed E-state index contributed by atoms with van der Waals surface area (Å²) in [6.07, 6.45) is 0. The van der Waals surface area contributed by atoms with Crippen molar-refractivity contribution in [2.24, 2.45) is 0 Å². The van der Waals surface area contributed by atoms with E-state index in [1.807, 2.05) is 115 Å². The highest BCUT2D eigenvalue weighted by atomic mass is 32.1. The van der Waals surface area contributed by atoms with Gasteiger partial charge in [0, 0.05) is 107 Å². The molecule has 6 aromatic heterocycles. The molecule has 11 nitrogen and oxygen atoms in total. The molecule has 0 N–H and O–H groups in total. The molecule has 0 atom stereocenters. The third kappa shape index (κ3) is 13.6. The fourth-order valence-electron chi connectivity index (χ4n) is 17.0. The Morgan fingerprint density at radius 2 is 0.468 bits per heavy atom. The minimum Gasteiger partial charge on any atom is -0.228 e. The van der Waals surface area contributed by atoms with Crippen LogP contribution in [0.5, 0.6) is 0 Å². The molecule has 13 heteroatoms. The lowest BCUT2D eigenvalue weighted by Gasteiger charge is -2.17. The van der Waals surface area contributed by atoms with Gasteiger partial charge in [-0.15, -0.1) is 22.7 Å². The number of hydrogen-bond donors (Lipinski definition) is 0. The zero-order valence-electron chi connectivity index (χ0n) is 66.4. The molecule has 23 rings (SSSR count). The Bertz CT molecular complexity index is 8030. The molecule has 0 saturated carbocycles. The van der Waals surface area contributed by atoms with E-state index < -0.39 is 0 Å². The standard InChI is InChI=1S/C111H67N11S2/c1-7-29-68(30-8-1)80-46-21-24-50-88(80)108-116-103(72-34-11-3-12-35-72)115-107(118-108)76-55-53-70(54-56-76)90-65-100-93(63-94(90)110-121-106(75-40-17-6-18-41-75)117-109(122-110)89-51-28-42-69-31-19-20-45-81(69)89)87-58-57-78(62-99(87)124-100)77-43-27-44-79(61-77)96-67-97(113-102(112-96)71-32-9-2-10-33-71)85-60-59-84(82-47-22-23-48-83(82)85)91-66-101-92(86-49-25-26-52-98(86)123-101)64-95(91)111-119-104(73-36-13-4-14-37-73)114-105(120-111)74-38-15-5-16-39-74/h1-67H. The second-order valence-corrected chi connectivity index (χ2v) is 32.9. The van der Waals surface area contributed by atoms with Crippen molar-refractivity contribution in [2.75, 3.05) is 0 Å². The number of benzene rings is 17. The Morgan fingerprint density at radius 3 is 1.06 bits per heavy atom. The van der Waals surface area contributed by atoms with Crippen molar-refractivity contribution in [1.29, 1.82) is 0 Å². The van der Waals surface area contributed by atoms with E-state index in [9.17, 15) is 0 Å². The number of hydrogen-bond acceptors (Lipinski definition) is 13. The molecule has 0 aliphatic rings. The van der Waals surface area contributed by atoms with Crippen molar-refractivity contribution < 1.29 is 0 Å². The quantitative estimate of drug-likeness (QED) is 0.0912. The third-order valence-electron chi connectivity index (χ3n) is 23.1. The van der Waals surface area contributed by atoms with Gasteiger partial charge >= 0.3 is 0 Å². The zero-order valence-corrected chi connectivity index (χ0v) is 68.1. The Kier molecular flexibility index (Phi) is 18.4. The highest BCUT2D eigenvalue weighted by Gasteiger charge is 2.26. The largest absolute Gasteiger partial charge is 0.228 e. The van der Waals surface area contributed by atoms with Gasteiger partial charge in [-0.3, -0.25) is 0 Å². The van der Waals surface area contributed by atoms with Crippen molar-refractivity contribution in [3.8, 4) is 181 Å². The third-order valence-corrected chi connectivity index (χ3v) is 25.4. The molecule has 23 aromatic rings. The first-order valence-corrected chi connectivity index (χ1v) is 42.8. The van der Waals surface area contributed by atoms with Crippen LogP contribution in [0.2, 0.25) is 0 Å². The summed E-state index contributed by atoms with van der Waals surface area (Å²) in [5.74, 6) is 5.84. The van der Waals surface area contributed by atoms with Crippen LogP contribution >= 0.6 is 22.7 Å². The smallest absolute Gasteiger partial charge is 0.164 e. The van der Waals surface area contributed by atoms with E-state index in [-0.39, 0.29) is 0 Å². The number of aromatic nitrogens is 11. The van der Waals surface area contributed by atoms with Gasteiger partial charge in [-0.1, -0.05) is 358 Å². The fraction of sp³-hybridized carbons (Fsp3) is 0. The molecule has 0 radical (unpaired) electrons. The molecule has 0 saturated heterocycles. The summed E-state index contributed by atoms with van der Waals surface area (Å²) in [7, 11) is 0. The topological polar surface area (TPSA) is 142 Å². The molecule has 0 amide bonds. The first kappa shape index (κ1) is 73.0. The zero-order chi connectivity index (χ0) is 82.0. The van der Waals surface area contributed by atoms with E-state index >= 15 is 0 Å². The average Bonchev–Trinajstić information content (AvgIpc) is 1.52. The molecule has 578 valence electrons. The maximum absolute atomic E-state index is 5.52. The molecule has 0 aliphatic carbocycles. The summed E-state index contributed by atoms with van der Waals surface area (Å²) in [5, 5.41) is 8.79. The summed E-state index contributed by atoms with van der Waals surface area (Å²) in [4.78, 5) is 58.7. The van der Waals surface area contributed by atoms with Gasteiger partial charge in [0.25, 0.3) is 0 Å². The molecule has 124 heavy (non-hydrogen) atoms. The molecule has 0 fully saturated rings. The minimum atomic E-state index is 0.550. The SMILES string of the molecule is c1ccc(-c2nc(-c3cccc(-c4ccc5c(c4)sc4cc(-c6ccc(-c7nc(-c8ccccc8)nc(-c8ccccc8-c8ccccc8)n7)cc6)c(-c6nc(-c7ccccc7)nc(-c7cccc8ccccc78)n6)cc45)c3)cc(-c3ccc(-c4cc5sc6ccccc6c5cc4-c4nc(-c5ccccc5)nc(-c5ccccc5)n4)c4ccccc34)n2)cc1. The second-order valence-electron chi connectivity index (χ2n) is 30.7. The predicted octanol–water partition coefficient (Wildman–Crippen LogP) is 28.7. The first-order chi connectivity index (χ1) is 61.4. The van der Waals surface area contributed by atoms with Crippen LogP contribution in [0.1, 0.15) is 0 Å². The normalized spacial score (nSPS) is 11.5. The van der Waals surface area contributed by atoms with Gasteiger partial charge in [0.1, 0.15) is 0 Å². The molecule has 6 heterocycles. The number of nitrogens with zero attached hydrogens (tertiary/aromatic N) is 11. The van der Waals surface area contributed by atoms with Crippen LogP contribution in [0, 0.1) is 0 Å². The lowest BCUT2D eigenvalue weighted by Crippen LogP contribution is -2.02. The summed E-state index contributed by atoms with van der Waals surface area (Å²) in [6.45, 7) is 0. The van der Waals surface area contributed by atoms with Gasteiger partial charge in [0.15, 0.2) is 58.2 Å². The maximum atomic E-state index is 5.52. The number of rotatable bonds is 16. The molecule has 17 aromatic carbocycles. The number of thiophene rings is 2. The highest BCUT2D eigenvalue weighted by Crippen LogP contribution is 2.48. The molecule has 0 unspecified atom stereocenters. The summed E-state index contributed by atoms with van der Waals surface area (Å²) in [5.41, 5.74) is 20.7. The fourth-order valence-corrected chi connectivity index (χ4v) is 19.3. The monoisotopic (exact) mass is 1620 g/mol. The molecular formula is C111H67N11S2. The molecule has 0 aliphatic heterocycles. The van der Waals surface area contributed by atoms with Crippen LogP contribution in [0.3, 0.4) is 0 Å². The first-order valence-electron chi connectivity index (χ1n) is 41.2. The van der Waals surface area contributed by atoms with Crippen molar-refractivity contribution >= 4 is 84.6 Å². The molecule has 0 spiro atoms. The van der Waals surface area contributed by atoms with Crippen LogP contribution < -0.4 is 0 Å². The van der Waals surface area contributed by atoms with E-state index in [0.29, 0.717) is 58.2 Å². The van der Waals surface area contributed by atoms with Gasteiger partial charge in [0.05, 0.1) is 11.4 Å². The number of fused-ring (bicyclic) bond motifs is 8. The van der Waals surface area contributed by atoms with E-state index in [2.05, 4.69) is 291 Å². The highest BCUT2D eigenvalue weighted by molar-refractivity contribution is 7.26. The van der Waals surface area contributed by atoms with E-state index in [0.717, 1.165) is 170 Å². The van der Waals surface area contributed by atoms with Crippen LogP contribution in [-0.4, -0.2) is 54.8 Å². The summed E-state index contributed by atoms with van der Waals surface area (Å²) >= 11 is 3.57. The lowest BCUT2D eigenvalue weighted by molar-refractivity contribution is 1.07. The second kappa shape index (κ2) is 31.2. The van der Waals surface area contributed by atoms with E-state index in [1.54, 1.807) is 22.7 Å². The Morgan fingerprint density at radius 1 is 0.129 bits per heavy atom. The Labute approximate surface area is 721 Å². The van der Waals surface area contributed by atoms with Crippen LogP contribution in [0.4, 0.5) is 0 Å². The van der Waals surface area contributed by atoms with Crippen molar-refractivity contribution in [1.82, 2.24) is 54.8 Å². The summed E-state index contributed by atoms with van der Waals surface area (Å²) < 4.78 is 4.63. The molecule has 0 bridgehead atoms. The van der Waals surface area contributed by atoms with Gasteiger partial charge in [-0.2, -0.15) is 0 Å². The van der Waals surface area contributed by atoms with Gasteiger partial charge in [-0.05, 0) is 115 Å². The Hall–Kier alpha value is -16.2. The van der Waals surface area contributed by atoms with E-state index in [1.165, 1.54) is 14.8 Å². The summed E-state index contributed by atoms with van der Waals surface area (Å²) in [6, 6.07) is 142. The van der Waals surface area contributed by atoms with Crippen molar-refractivity contribution in [3.05, 3.63) is 406 Å². The lowest BCUT2D eigenvalue weighted by atomic mass is 9.90. The molecular weight excluding hydrogens is 1550 g/mol. The predicted molar refractivity (Wildman–Crippen MR) is 510 cm³/mol. The van der Waals surface area contributed by atoms with Crippen molar-refractivity contribution in [2.45, 2.75) is 0 Å².